The molecular weight excluding hydrogens is 258 g/mol. The van der Waals surface area contributed by atoms with Crippen LogP contribution in [0.4, 0.5) is 5.69 Å². The minimum absolute atomic E-state index is 0.299. The van der Waals surface area contributed by atoms with Crippen molar-refractivity contribution < 1.29 is 13.2 Å². The summed E-state index contributed by atoms with van der Waals surface area (Å²) in [6.45, 7) is 0. The van der Waals surface area contributed by atoms with Crippen molar-refractivity contribution in [1.82, 2.24) is 0 Å². The second-order valence-electron chi connectivity index (χ2n) is 3.27. The highest BCUT2D eigenvalue weighted by Crippen LogP contribution is 2.21. The Morgan fingerprint density at radius 1 is 1.18 bits per heavy atom. The van der Waals surface area contributed by atoms with Crippen LogP contribution in [0.25, 0.3) is 0 Å². The van der Waals surface area contributed by atoms with Gasteiger partial charge in [-0.2, -0.15) is 0 Å². The smallest absolute Gasteiger partial charge is 0.271 e. The molecule has 0 amide bonds. The maximum absolute atomic E-state index is 11.9. The molecule has 17 heavy (non-hydrogen) atoms. The summed E-state index contributed by atoms with van der Waals surface area (Å²) in [4.78, 5) is 0. The molecule has 0 aliphatic heterocycles. The van der Waals surface area contributed by atoms with E-state index in [1.54, 1.807) is 48.9 Å². The van der Waals surface area contributed by atoms with Gasteiger partial charge in [-0.3, -0.25) is 4.72 Å². The third kappa shape index (κ3) is 2.78. The molecule has 6 heteroatoms. The molecule has 90 valence electrons. The molecule has 2 rings (SSSR count). The number of benzene rings is 1. The third-order valence-electron chi connectivity index (χ3n) is 2.10. The van der Waals surface area contributed by atoms with Crippen molar-refractivity contribution in [3.05, 3.63) is 41.8 Å². The molecule has 1 N–H and O–H groups in total. The molecule has 0 saturated carbocycles. The van der Waals surface area contributed by atoms with Crippen LogP contribution in [0.2, 0.25) is 0 Å². The fourth-order valence-electron chi connectivity index (χ4n) is 1.28. The summed E-state index contributed by atoms with van der Waals surface area (Å²) in [5.41, 5.74) is 0.513. The van der Waals surface area contributed by atoms with Crippen LogP contribution in [0.15, 0.2) is 46.0 Å². The number of rotatable bonds is 4. The van der Waals surface area contributed by atoms with Gasteiger partial charge < -0.3 is 4.74 Å². The number of anilines is 1. The van der Waals surface area contributed by atoms with Crippen LogP contribution < -0.4 is 9.46 Å². The molecule has 0 radical (unpaired) electrons. The zero-order chi connectivity index (χ0) is 12.3. The van der Waals surface area contributed by atoms with E-state index in [0.717, 1.165) is 0 Å². The van der Waals surface area contributed by atoms with Gasteiger partial charge in [0, 0.05) is 5.69 Å². The molecule has 1 aromatic carbocycles. The molecule has 1 aromatic heterocycles. The summed E-state index contributed by atoms with van der Waals surface area (Å²) in [6.07, 6.45) is 0. The molecule has 0 spiro atoms. The molecule has 2 aromatic rings. The van der Waals surface area contributed by atoms with Crippen LogP contribution in [0.5, 0.6) is 5.75 Å². The first-order valence-corrected chi connectivity index (χ1v) is 7.18. The minimum atomic E-state index is -3.46. The summed E-state index contributed by atoms with van der Waals surface area (Å²) >= 11 is 1.18. The highest BCUT2D eigenvalue weighted by molar-refractivity contribution is 7.94. The van der Waals surface area contributed by atoms with Crippen molar-refractivity contribution in [3.63, 3.8) is 0 Å². The van der Waals surface area contributed by atoms with Gasteiger partial charge in [-0.1, -0.05) is 6.07 Å². The summed E-state index contributed by atoms with van der Waals surface area (Å²) in [7, 11) is -1.90. The van der Waals surface area contributed by atoms with Gasteiger partial charge in [0.1, 0.15) is 9.96 Å². The number of ether oxygens (including phenoxy) is 1. The lowest BCUT2D eigenvalue weighted by molar-refractivity contribution is 0.415. The lowest BCUT2D eigenvalue weighted by Gasteiger charge is -2.06. The molecule has 0 aliphatic rings. The second kappa shape index (κ2) is 4.77. The van der Waals surface area contributed by atoms with Crippen molar-refractivity contribution in [2.24, 2.45) is 0 Å². The standard InChI is InChI=1S/C11H11NO3S2/c1-15-10-6-4-9(5-7-10)12-17(13,14)11-3-2-8-16-11/h2-8,12H,1H3. The first kappa shape index (κ1) is 11.9. The Morgan fingerprint density at radius 2 is 1.88 bits per heavy atom. The fourth-order valence-corrected chi connectivity index (χ4v) is 3.33. The highest BCUT2D eigenvalue weighted by Gasteiger charge is 2.14. The van der Waals surface area contributed by atoms with Crippen LogP contribution in [-0.4, -0.2) is 15.5 Å². The lowest BCUT2D eigenvalue weighted by Crippen LogP contribution is -2.11. The number of sulfonamides is 1. The Kier molecular flexibility index (Phi) is 3.35. The first-order valence-electron chi connectivity index (χ1n) is 4.82. The Labute approximate surface area is 104 Å². The van der Waals surface area contributed by atoms with Crippen molar-refractivity contribution >= 4 is 27.0 Å². The van der Waals surface area contributed by atoms with E-state index in [0.29, 0.717) is 15.6 Å². The fraction of sp³-hybridized carbons (Fsp3) is 0.0909. The van der Waals surface area contributed by atoms with Crippen LogP contribution in [0.3, 0.4) is 0 Å². The van der Waals surface area contributed by atoms with Gasteiger partial charge in [-0.05, 0) is 35.7 Å². The van der Waals surface area contributed by atoms with E-state index < -0.39 is 10.0 Å². The van der Waals surface area contributed by atoms with E-state index >= 15 is 0 Å². The van der Waals surface area contributed by atoms with E-state index in [1.165, 1.54) is 11.3 Å². The molecule has 0 fully saturated rings. The van der Waals surface area contributed by atoms with E-state index in [1.807, 2.05) is 0 Å². The Bertz CT molecular complexity index is 574. The van der Waals surface area contributed by atoms with Crippen molar-refractivity contribution in [2.75, 3.05) is 11.8 Å². The van der Waals surface area contributed by atoms with Gasteiger partial charge >= 0.3 is 0 Å². The minimum Gasteiger partial charge on any atom is -0.497 e. The monoisotopic (exact) mass is 269 g/mol. The SMILES string of the molecule is COc1ccc(NS(=O)(=O)c2cccs2)cc1. The Hall–Kier alpha value is -1.53. The second-order valence-corrected chi connectivity index (χ2v) is 6.12. The predicted octanol–water partition coefficient (Wildman–Crippen LogP) is 2.56. The van der Waals surface area contributed by atoms with Gasteiger partial charge in [-0.15, -0.1) is 11.3 Å². The summed E-state index contributed by atoms with van der Waals surface area (Å²) in [5.74, 6) is 0.684. The molecule has 0 bridgehead atoms. The average molecular weight is 269 g/mol. The topological polar surface area (TPSA) is 55.4 Å². The quantitative estimate of drug-likeness (QED) is 0.928. The number of methoxy groups -OCH3 is 1. The van der Waals surface area contributed by atoms with E-state index in [-0.39, 0.29) is 0 Å². The summed E-state index contributed by atoms with van der Waals surface area (Å²) < 4.78 is 31.6. The molecule has 4 nitrogen and oxygen atoms in total. The van der Waals surface area contributed by atoms with Crippen LogP contribution in [-0.2, 0) is 10.0 Å². The first-order chi connectivity index (χ1) is 8.12. The van der Waals surface area contributed by atoms with E-state index in [9.17, 15) is 8.42 Å². The molecule has 0 saturated heterocycles. The number of nitrogens with one attached hydrogen (secondary N) is 1. The number of hydrogen-bond acceptors (Lipinski definition) is 4. The van der Waals surface area contributed by atoms with Crippen LogP contribution in [0, 0.1) is 0 Å². The molecule has 0 aliphatic carbocycles. The van der Waals surface area contributed by atoms with Crippen molar-refractivity contribution in [1.29, 1.82) is 0 Å². The maximum atomic E-state index is 11.9. The number of thiophene rings is 1. The van der Waals surface area contributed by atoms with Crippen LogP contribution >= 0.6 is 11.3 Å². The molecule has 0 atom stereocenters. The average Bonchev–Trinajstić information content (AvgIpc) is 2.84. The maximum Gasteiger partial charge on any atom is 0.271 e. The zero-order valence-electron chi connectivity index (χ0n) is 9.08. The van der Waals surface area contributed by atoms with Gasteiger partial charge in [0.25, 0.3) is 10.0 Å². The number of hydrogen-bond donors (Lipinski definition) is 1. The normalized spacial score (nSPS) is 11.1. The van der Waals surface area contributed by atoms with Crippen LogP contribution in [0.1, 0.15) is 0 Å². The Morgan fingerprint density at radius 3 is 2.41 bits per heavy atom. The molecule has 1 heterocycles. The lowest BCUT2D eigenvalue weighted by atomic mass is 10.3. The van der Waals surface area contributed by atoms with Crippen molar-refractivity contribution in [2.45, 2.75) is 4.21 Å². The zero-order valence-corrected chi connectivity index (χ0v) is 10.7. The predicted molar refractivity (Wildman–Crippen MR) is 68.1 cm³/mol. The van der Waals surface area contributed by atoms with Crippen molar-refractivity contribution in [3.8, 4) is 5.75 Å². The molecule has 0 unspecified atom stereocenters. The van der Waals surface area contributed by atoms with Gasteiger partial charge in [-0.25, -0.2) is 8.42 Å². The van der Waals surface area contributed by atoms with Gasteiger partial charge in [0.15, 0.2) is 0 Å². The Balaban J connectivity index is 2.21. The van der Waals surface area contributed by atoms with E-state index in [4.69, 9.17) is 4.74 Å². The third-order valence-corrected chi connectivity index (χ3v) is 4.88. The summed E-state index contributed by atoms with van der Waals surface area (Å²) in [5, 5.41) is 1.72. The highest BCUT2D eigenvalue weighted by atomic mass is 32.2. The van der Waals surface area contributed by atoms with E-state index in [2.05, 4.69) is 4.72 Å². The van der Waals surface area contributed by atoms with Gasteiger partial charge in [0.05, 0.1) is 7.11 Å². The molecular formula is C11H11NO3S2. The summed E-state index contributed by atoms with van der Waals surface area (Å²) in [6, 6.07) is 9.98. The largest absolute Gasteiger partial charge is 0.497 e. The van der Waals surface area contributed by atoms with Gasteiger partial charge in [0.2, 0.25) is 0 Å².